The highest BCUT2D eigenvalue weighted by Gasteiger charge is 2.23. The summed E-state index contributed by atoms with van der Waals surface area (Å²) < 4.78 is 15.7. The van der Waals surface area contributed by atoms with E-state index in [1.807, 2.05) is 43.3 Å². The Balaban J connectivity index is 1.69. The molecule has 0 bridgehead atoms. The molecule has 0 aliphatic heterocycles. The van der Waals surface area contributed by atoms with E-state index < -0.39 is 6.16 Å². The summed E-state index contributed by atoms with van der Waals surface area (Å²) in [7, 11) is 1.66. The van der Waals surface area contributed by atoms with Crippen LogP contribution < -0.4 is 14.2 Å². The van der Waals surface area contributed by atoms with Crippen molar-refractivity contribution in [1.29, 1.82) is 0 Å². The Morgan fingerprint density at radius 3 is 1.82 bits per heavy atom. The van der Waals surface area contributed by atoms with Crippen molar-refractivity contribution in [2.75, 3.05) is 7.11 Å². The molecule has 3 aromatic rings. The number of benzene rings is 3. The van der Waals surface area contributed by atoms with Crippen LogP contribution in [0.2, 0.25) is 0 Å². The largest absolute Gasteiger partial charge is 0.519 e. The van der Waals surface area contributed by atoms with Crippen molar-refractivity contribution in [2.24, 2.45) is 0 Å². The summed E-state index contributed by atoms with van der Waals surface area (Å²) in [6.07, 6.45) is -0.757. The summed E-state index contributed by atoms with van der Waals surface area (Å²) in [6, 6.07) is 22.7. The molecule has 0 amide bonds. The fourth-order valence-corrected chi connectivity index (χ4v) is 3.01. The molecule has 0 aliphatic rings. The molecule has 3 aromatic carbocycles. The number of hydrogen-bond acceptors (Lipinski definition) is 4. The van der Waals surface area contributed by atoms with Gasteiger partial charge in [-0.05, 0) is 60.0 Å². The van der Waals surface area contributed by atoms with E-state index in [0.29, 0.717) is 11.5 Å². The average Bonchev–Trinajstić information content (AvgIpc) is 2.68. The van der Waals surface area contributed by atoms with Gasteiger partial charge in [-0.25, -0.2) is 4.79 Å². The van der Waals surface area contributed by atoms with E-state index in [0.717, 1.165) is 16.9 Å². The van der Waals surface area contributed by atoms with Crippen molar-refractivity contribution in [3.05, 3.63) is 89.5 Å². The molecule has 0 spiro atoms. The zero-order valence-corrected chi connectivity index (χ0v) is 16.6. The normalized spacial score (nSPS) is 11.0. The van der Waals surface area contributed by atoms with Gasteiger partial charge in [-0.2, -0.15) is 0 Å². The molecule has 0 atom stereocenters. The Hall–Kier alpha value is -3.27. The first kappa shape index (κ1) is 19.5. The van der Waals surface area contributed by atoms with E-state index in [9.17, 15) is 4.79 Å². The summed E-state index contributed by atoms with van der Waals surface area (Å²) >= 11 is 0. The second-order valence-electron chi connectivity index (χ2n) is 7.15. The highest BCUT2D eigenvalue weighted by atomic mass is 16.7. The third kappa shape index (κ3) is 4.52. The van der Waals surface area contributed by atoms with Crippen molar-refractivity contribution >= 4 is 6.16 Å². The Morgan fingerprint density at radius 2 is 1.29 bits per heavy atom. The molecule has 4 nitrogen and oxygen atoms in total. The van der Waals surface area contributed by atoms with Crippen LogP contribution in [0.3, 0.4) is 0 Å². The first-order valence-electron chi connectivity index (χ1n) is 9.10. The predicted molar refractivity (Wildman–Crippen MR) is 109 cm³/mol. The van der Waals surface area contributed by atoms with Gasteiger partial charge in [0.2, 0.25) is 0 Å². The maximum Gasteiger partial charge on any atom is 0.519 e. The Labute approximate surface area is 165 Å². The van der Waals surface area contributed by atoms with Crippen LogP contribution in [-0.2, 0) is 5.41 Å². The van der Waals surface area contributed by atoms with Crippen molar-refractivity contribution < 1.29 is 19.0 Å². The van der Waals surface area contributed by atoms with Crippen LogP contribution in [0.25, 0.3) is 0 Å². The van der Waals surface area contributed by atoms with E-state index in [2.05, 4.69) is 26.0 Å². The highest BCUT2D eigenvalue weighted by molar-refractivity contribution is 5.67. The van der Waals surface area contributed by atoms with Crippen LogP contribution in [0.15, 0.2) is 72.8 Å². The Morgan fingerprint density at radius 1 is 0.750 bits per heavy atom. The Bertz CT molecular complexity index is 941. The van der Waals surface area contributed by atoms with Gasteiger partial charge in [0.25, 0.3) is 0 Å². The molecule has 0 saturated carbocycles. The topological polar surface area (TPSA) is 44.8 Å². The zero-order valence-electron chi connectivity index (χ0n) is 16.6. The maximum atomic E-state index is 12.0. The van der Waals surface area contributed by atoms with Gasteiger partial charge in [-0.15, -0.1) is 0 Å². The molecule has 3 rings (SSSR count). The van der Waals surface area contributed by atoms with Gasteiger partial charge in [0.15, 0.2) is 0 Å². The third-order valence-corrected chi connectivity index (χ3v) is 4.78. The zero-order chi connectivity index (χ0) is 20.1. The SMILES string of the molecule is COc1ccc(C(C)(C)c2ccc(OC(=O)Oc3cccc(C)c3)cc2)cc1. The number of carbonyl (C=O) groups excluding carboxylic acids is 1. The van der Waals surface area contributed by atoms with E-state index in [-0.39, 0.29) is 5.41 Å². The summed E-state index contributed by atoms with van der Waals surface area (Å²) in [5.41, 5.74) is 3.08. The standard InChI is InChI=1S/C24H24O4/c1-17-6-5-7-22(16-17)28-23(25)27-21-14-10-19(11-15-21)24(2,3)18-8-12-20(26-4)13-9-18/h5-16H,1-4H3. The first-order valence-corrected chi connectivity index (χ1v) is 9.10. The fraction of sp³-hybridized carbons (Fsp3) is 0.208. The van der Waals surface area contributed by atoms with Gasteiger partial charge in [0.1, 0.15) is 17.2 Å². The molecular weight excluding hydrogens is 352 g/mol. The molecule has 0 fully saturated rings. The van der Waals surface area contributed by atoms with Crippen LogP contribution in [0, 0.1) is 6.92 Å². The van der Waals surface area contributed by atoms with Gasteiger partial charge in [0.05, 0.1) is 7.11 Å². The number of rotatable bonds is 5. The van der Waals surface area contributed by atoms with Crippen molar-refractivity contribution in [2.45, 2.75) is 26.2 Å². The van der Waals surface area contributed by atoms with Crippen LogP contribution >= 0.6 is 0 Å². The highest BCUT2D eigenvalue weighted by Crippen LogP contribution is 2.33. The fourth-order valence-electron chi connectivity index (χ4n) is 3.01. The quantitative estimate of drug-likeness (QED) is 0.410. The lowest BCUT2D eigenvalue weighted by Crippen LogP contribution is -2.19. The molecule has 144 valence electrons. The van der Waals surface area contributed by atoms with E-state index in [1.165, 1.54) is 5.56 Å². The minimum absolute atomic E-state index is 0.202. The van der Waals surface area contributed by atoms with Gasteiger partial charge in [-0.1, -0.05) is 50.2 Å². The van der Waals surface area contributed by atoms with Crippen molar-refractivity contribution in [1.82, 2.24) is 0 Å². The molecular formula is C24H24O4. The summed E-state index contributed by atoms with van der Waals surface area (Å²) in [6.45, 7) is 6.23. The van der Waals surface area contributed by atoms with Crippen LogP contribution in [0.4, 0.5) is 4.79 Å². The van der Waals surface area contributed by atoms with Crippen LogP contribution in [0.5, 0.6) is 17.2 Å². The van der Waals surface area contributed by atoms with Gasteiger partial charge in [-0.3, -0.25) is 0 Å². The monoisotopic (exact) mass is 376 g/mol. The molecule has 4 heteroatoms. The predicted octanol–water partition coefficient (Wildman–Crippen LogP) is 5.91. The number of aryl methyl sites for hydroxylation is 1. The van der Waals surface area contributed by atoms with Crippen molar-refractivity contribution in [3.63, 3.8) is 0 Å². The van der Waals surface area contributed by atoms with E-state index in [4.69, 9.17) is 14.2 Å². The smallest absolute Gasteiger partial charge is 0.497 e. The average molecular weight is 376 g/mol. The molecule has 0 aromatic heterocycles. The minimum atomic E-state index is -0.757. The number of ether oxygens (including phenoxy) is 3. The molecule has 0 aliphatic carbocycles. The number of carbonyl (C=O) groups is 1. The van der Waals surface area contributed by atoms with Crippen molar-refractivity contribution in [3.8, 4) is 17.2 Å². The molecule has 0 N–H and O–H groups in total. The lowest BCUT2D eigenvalue weighted by molar-refractivity contribution is 0.152. The van der Waals surface area contributed by atoms with E-state index in [1.54, 1.807) is 31.4 Å². The lowest BCUT2D eigenvalue weighted by atomic mass is 9.78. The number of methoxy groups -OCH3 is 1. The second kappa shape index (κ2) is 8.17. The molecule has 0 radical (unpaired) electrons. The summed E-state index contributed by atoms with van der Waals surface area (Å²) in [5.74, 6) is 1.73. The molecule has 0 unspecified atom stereocenters. The molecule has 0 saturated heterocycles. The lowest BCUT2D eigenvalue weighted by Gasteiger charge is -2.26. The Kier molecular flexibility index (Phi) is 5.69. The van der Waals surface area contributed by atoms with Gasteiger partial charge < -0.3 is 14.2 Å². The number of hydrogen-bond donors (Lipinski definition) is 0. The molecule has 0 heterocycles. The summed E-state index contributed by atoms with van der Waals surface area (Å²) in [5, 5.41) is 0. The van der Waals surface area contributed by atoms with E-state index >= 15 is 0 Å². The van der Waals surface area contributed by atoms with Gasteiger partial charge >= 0.3 is 6.16 Å². The first-order chi connectivity index (χ1) is 13.4. The minimum Gasteiger partial charge on any atom is -0.497 e. The summed E-state index contributed by atoms with van der Waals surface area (Å²) in [4.78, 5) is 12.0. The van der Waals surface area contributed by atoms with Crippen LogP contribution in [-0.4, -0.2) is 13.3 Å². The third-order valence-electron chi connectivity index (χ3n) is 4.78. The maximum absolute atomic E-state index is 12.0. The second-order valence-corrected chi connectivity index (χ2v) is 7.15. The van der Waals surface area contributed by atoms with Crippen LogP contribution in [0.1, 0.15) is 30.5 Å². The van der Waals surface area contributed by atoms with Gasteiger partial charge in [0, 0.05) is 5.41 Å². The molecule has 28 heavy (non-hydrogen) atoms.